The fourth-order valence-electron chi connectivity index (χ4n) is 2.47. The number of carbonyl (C=O) groups excluding carboxylic acids is 2. The van der Waals surface area contributed by atoms with Crippen molar-refractivity contribution in [3.05, 3.63) is 54.6 Å². The second-order valence-corrected chi connectivity index (χ2v) is 5.00. The van der Waals surface area contributed by atoms with Crippen LogP contribution in [0.5, 0.6) is 0 Å². The number of hydrogen-bond donors (Lipinski definition) is 0. The van der Waals surface area contributed by atoms with Gasteiger partial charge in [-0.25, -0.2) is 4.98 Å². The highest BCUT2D eigenvalue weighted by Gasteiger charge is 2.20. The third kappa shape index (κ3) is 2.99. The fraction of sp³-hybridized carbons (Fsp3) is 0.167. The normalized spacial score (nSPS) is 10.7. The molecule has 3 aromatic rings. The minimum atomic E-state index is -0.533. The number of benzene rings is 2. The van der Waals surface area contributed by atoms with E-state index in [1.165, 1.54) is 4.57 Å². The number of ether oxygens (including phenoxy) is 1. The van der Waals surface area contributed by atoms with Gasteiger partial charge in [0.2, 0.25) is 5.91 Å². The Balaban J connectivity index is 2.10. The Labute approximate surface area is 133 Å². The van der Waals surface area contributed by atoms with Gasteiger partial charge in [-0.1, -0.05) is 42.5 Å². The van der Waals surface area contributed by atoms with Gasteiger partial charge in [-0.05, 0) is 19.1 Å². The van der Waals surface area contributed by atoms with Crippen molar-refractivity contribution in [1.82, 2.24) is 9.55 Å². The molecular formula is C18H16N2O3. The summed E-state index contributed by atoms with van der Waals surface area (Å²) < 4.78 is 6.36. The summed E-state index contributed by atoms with van der Waals surface area (Å²) in [4.78, 5) is 28.8. The first-order valence-electron chi connectivity index (χ1n) is 7.42. The van der Waals surface area contributed by atoms with Crippen LogP contribution in [0.1, 0.15) is 18.1 Å². The van der Waals surface area contributed by atoms with Gasteiger partial charge in [0.15, 0.2) is 0 Å². The van der Waals surface area contributed by atoms with Crippen LogP contribution in [0.4, 0.5) is 0 Å². The second kappa shape index (κ2) is 6.44. The Kier molecular flexibility index (Phi) is 4.19. The van der Waals surface area contributed by atoms with Crippen LogP contribution in [0.3, 0.4) is 0 Å². The molecule has 0 saturated heterocycles. The molecule has 0 aliphatic rings. The molecule has 0 atom stereocenters. The third-order valence-electron chi connectivity index (χ3n) is 3.44. The van der Waals surface area contributed by atoms with Crippen LogP contribution in [0.25, 0.3) is 22.4 Å². The van der Waals surface area contributed by atoms with Crippen LogP contribution < -0.4 is 0 Å². The number of fused-ring (bicyclic) bond motifs is 1. The molecule has 2 aromatic carbocycles. The Hall–Kier alpha value is -2.95. The Morgan fingerprint density at radius 2 is 1.74 bits per heavy atom. The third-order valence-corrected chi connectivity index (χ3v) is 3.44. The lowest BCUT2D eigenvalue weighted by atomic mass is 10.2. The van der Waals surface area contributed by atoms with Gasteiger partial charge in [0.05, 0.1) is 17.6 Å². The van der Waals surface area contributed by atoms with Crippen LogP contribution in [0.15, 0.2) is 54.6 Å². The molecule has 0 fully saturated rings. The van der Waals surface area contributed by atoms with Crippen molar-refractivity contribution >= 4 is 22.9 Å². The first-order valence-corrected chi connectivity index (χ1v) is 7.42. The molecule has 116 valence electrons. The van der Waals surface area contributed by atoms with Crippen molar-refractivity contribution in [3.63, 3.8) is 0 Å². The molecule has 23 heavy (non-hydrogen) atoms. The highest BCUT2D eigenvalue weighted by atomic mass is 16.5. The quantitative estimate of drug-likeness (QED) is 0.548. The van der Waals surface area contributed by atoms with Crippen molar-refractivity contribution in [2.75, 3.05) is 6.61 Å². The second-order valence-electron chi connectivity index (χ2n) is 5.00. The minimum Gasteiger partial charge on any atom is -0.466 e. The van der Waals surface area contributed by atoms with E-state index in [0.29, 0.717) is 16.9 Å². The Morgan fingerprint density at radius 3 is 2.48 bits per heavy atom. The standard InChI is InChI=1S/C18H16N2O3/c1-2-23-17(22)12-16(21)20-15-11-7-6-10-14(15)19-18(20)13-8-4-3-5-9-13/h3-11H,2,12H2,1H3. The number of imidazole rings is 1. The molecule has 0 bridgehead atoms. The van der Waals surface area contributed by atoms with Crippen LogP contribution in [0.2, 0.25) is 0 Å². The predicted molar refractivity (Wildman–Crippen MR) is 87.0 cm³/mol. The summed E-state index contributed by atoms with van der Waals surface area (Å²) in [5.74, 6) is -0.355. The van der Waals surface area contributed by atoms with E-state index in [2.05, 4.69) is 4.98 Å². The number of nitrogens with zero attached hydrogens (tertiary/aromatic N) is 2. The molecule has 3 rings (SSSR count). The van der Waals surface area contributed by atoms with E-state index in [1.54, 1.807) is 6.92 Å². The lowest BCUT2D eigenvalue weighted by Gasteiger charge is -2.08. The molecule has 0 saturated carbocycles. The molecule has 0 N–H and O–H groups in total. The molecule has 0 aliphatic heterocycles. The van der Waals surface area contributed by atoms with Crippen molar-refractivity contribution in [3.8, 4) is 11.4 Å². The Morgan fingerprint density at radius 1 is 1.04 bits per heavy atom. The topological polar surface area (TPSA) is 61.2 Å². The highest BCUT2D eigenvalue weighted by molar-refractivity contribution is 6.02. The van der Waals surface area contributed by atoms with E-state index in [1.807, 2.05) is 54.6 Å². The van der Waals surface area contributed by atoms with E-state index >= 15 is 0 Å². The minimum absolute atomic E-state index is 0.252. The number of rotatable bonds is 4. The summed E-state index contributed by atoms with van der Waals surface area (Å²) in [5, 5.41) is 0. The fourth-order valence-corrected chi connectivity index (χ4v) is 2.47. The maximum Gasteiger partial charge on any atom is 0.315 e. The SMILES string of the molecule is CCOC(=O)CC(=O)n1c(-c2ccccc2)nc2ccccc21. The summed E-state index contributed by atoms with van der Waals surface area (Å²) in [6, 6.07) is 16.8. The monoisotopic (exact) mass is 308 g/mol. The Bertz CT molecular complexity index is 853. The van der Waals surface area contributed by atoms with Crippen molar-refractivity contribution in [1.29, 1.82) is 0 Å². The van der Waals surface area contributed by atoms with E-state index < -0.39 is 5.97 Å². The van der Waals surface area contributed by atoms with Crippen molar-refractivity contribution in [2.24, 2.45) is 0 Å². The number of para-hydroxylation sites is 2. The van der Waals surface area contributed by atoms with Gasteiger partial charge in [0.25, 0.3) is 0 Å². The van der Waals surface area contributed by atoms with Gasteiger partial charge in [0.1, 0.15) is 12.2 Å². The van der Waals surface area contributed by atoms with Crippen LogP contribution in [-0.4, -0.2) is 28.0 Å². The maximum atomic E-state index is 12.6. The van der Waals surface area contributed by atoms with Gasteiger partial charge in [-0.15, -0.1) is 0 Å². The zero-order chi connectivity index (χ0) is 16.2. The number of aromatic nitrogens is 2. The largest absolute Gasteiger partial charge is 0.466 e. The van der Waals surface area contributed by atoms with Gasteiger partial charge >= 0.3 is 5.97 Å². The van der Waals surface area contributed by atoms with Crippen LogP contribution >= 0.6 is 0 Å². The zero-order valence-electron chi connectivity index (χ0n) is 12.7. The van der Waals surface area contributed by atoms with E-state index in [9.17, 15) is 9.59 Å². The lowest BCUT2D eigenvalue weighted by molar-refractivity contribution is -0.142. The van der Waals surface area contributed by atoms with Gasteiger partial charge in [-0.3, -0.25) is 14.2 Å². The predicted octanol–water partition coefficient (Wildman–Crippen LogP) is 3.30. The number of esters is 1. The molecule has 0 aliphatic carbocycles. The molecule has 0 unspecified atom stereocenters. The first kappa shape index (κ1) is 15.0. The van der Waals surface area contributed by atoms with Crippen molar-refractivity contribution in [2.45, 2.75) is 13.3 Å². The van der Waals surface area contributed by atoms with Crippen molar-refractivity contribution < 1.29 is 14.3 Å². The van der Waals surface area contributed by atoms with E-state index in [-0.39, 0.29) is 18.9 Å². The molecule has 0 amide bonds. The smallest absolute Gasteiger partial charge is 0.315 e. The van der Waals surface area contributed by atoms with Gasteiger partial charge in [0, 0.05) is 5.56 Å². The summed E-state index contributed by atoms with van der Waals surface area (Å²) in [6.45, 7) is 1.97. The summed E-state index contributed by atoms with van der Waals surface area (Å²) in [6.07, 6.45) is -0.311. The first-order chi connectivity index (χ1) is 11.2. The molecule has 5 nitrogen and oxygen atoms in total. The molecular weight excluding hydrogens is 292 g/mol. The molecule has 5 heteroatoms. The summed E-state index contributed by atoms with van der Waals surface area (Å²) in [7, 11) is 0. The molecule has 1 aromatic heterocycles. The van der Waals surface area contributed by atoms with E-state index in [0.717, 1.165) is 5.56 Å². The molecule has 0 spiro atoms. The summed E-state index contributed by atoms with van der Waals surface area (Å²) in [5.41, 5.74) is 2.21. The van der Waals surface area contributed by atoms with E-state index in [4.69, 9.17) is 4.74 Å². The maximum absolute atomic E-state index is 12.6. The molecule has 0 radical (unpaired) electrons. The summed E-state index contributed by atoms with van der Waals surface area (Å²) >= 11 is 0. The lowest BCUT2D eigenvalue weighted by Crippen LogP contribution is -2.18. The highest BCUT2D eigenvalue weighted by Crippen LogP contribution is 2.25. The average Bonchev–Trinajstić information content (AvgIpc) is 2.95. The van der Waals surface area contributed by atoms with Crippen LogP contribution in [0, 0.1) is 0 Å². The van der Waals surface area contributed by atoms with Crippen LogP contribution in [-0.2, 0) is 9.53 Å². The zero-order valence-corrected chi connectivity index (χ0v) is 12.7. The van der Waals surface area contributed by atoms with Gasteiger partial charge in [-0.2, -0.15) is 0 Å². The number of hydrogen-bond acceptors (Lipinski definition) is 4. The average molecular weight is 308 g/mol. The number of carbonyl (C=O) groups is 2. The van der Waals surface area contributed by atoms with Gasteiger partial charge < -0.3 is 4.74 Å². The molecule has 1 heterocycles.